The molecule has 0 saturated carbocycles. The van der Waals surface area contributed by atoms with Crippen molar-refractivity contribution in [3.63, 3.8) is 0 Å². The highest BCUT2D eigenvalue weighted by molar-refractivity contribution is 7.79. The Morgan fingerprint density at radius 2 is 2.00 bits per heavy atom. The molecule has 1 aromatic carbocycles. The van der Waals surface area contributed by atoms with Crippen molar-refractivity contribution in [1.82, 2.24) is 19.7 Å². The van der Waals surface area contributed by atoms with Gasteiger partial charge in [0.25, 0.3) is 0 Å². The third-order valence-corrected chi connectivity index (χ3v) is 11.4. The van der Waals surface area contributed by atoms with Crippen LogP contribution in [0.5, 0.6) is 5.75 Å². The van der Waals surface area contributed by atoms with E-state index in [1.54, 1.807) is 28.8 Å². The molecule has 36 heavy (non-hydrogen) atoms. The minimum absolute atomic E-state index is 0.0177. The van der Waals surface area contributed by atoms with E-state index in [0.29, 0.717) is 24.5 Å². The number of hydrogen-bond acceptors (Lipinski definition) is 8. The molecule has 0 spiro atoms. The van der Waals surface area contributed by atoms with Gasteiger partial charge >= 0.3 is 11.3 Å². The second-order valence-corrected chi connectivity index (χ2v) is 15.4. The maximum atomic E-state index is 13.1. The average molecular weight is 533 g/mol. The zero-order valence-electron chi connectivity index (χ0n) is 21.8. The van der Waals surface area contributed by atoms with Crippen molar-refractivity contribution in [2.24, 2.45) is 7.05 Å². The predicted octanol–water partition coefficient (Wildman–Crippen LogP) is 5.02. The molecule has 3 rings (SSSR count). The Hall–Kier alpha value is -2.76. The molecule has 11 heteroatoms. The summed E-state index contributed by atoms with van der Waals surface area (Å²) in [5.41, 5.74) is 0. The Labute approximate surface area is 219 Å². The molecule has 0 radical (unpaired) electrons. The summed E-state index contributed by atoms with van der Waals surface area (Å²) in [6, 6.07) is 8.66. The minimum Gasteiger partial charge on any atom is -0.445 e. The van der Waals surface area contributed by atoms with Crippen molar-refractivity contribution in [3.8, 4) is 5.75 Å². The molecule has 2 heterocycles. The minimum atomic E-state index is -2.10. The van der Waals surface area contributed by atoms with Gasteiger partial charge in [-0.3, -0.25) is 4.90 Å². The van der Waals surface area contributed by atoms with Gasteiger partial charge in [0.1, 0.15) is 18.7 Å². The van der Waals surface area contributed by atoms with Crippen molar-refractivity contribution in [1.29, 1.82) is 0 Å². The molecule has 1 unspecified atom stereocenters. The van der Waals surface area contributed by atoms with Gasteiger partial charge in [0, 0.05) is 25.8 Å². The number of ether oxygens (including phenoxy) is 3. The SMILES string of the molecule is C=CCOC(=O)N1C[C@H](O[Si](C)(C)C(C)(C)C)C[C@H]1C(OC(=S)Oc1ccccc1)c1ncnn1C. The fourth-order valence-corrected chi connectivity index (χ4v) is 5.35. The van der Waals surface area contributed by atoms with Crippen LogP contribution in [0, 0.1) is 0 Å². The topological polar surface area (TPSA) is 87.9 Å². The Bertz CT molecular complexity index is 1060. The number of carbonyl (C=O) groups excluding carboxylic acids is 1. The van der Waals surface area contributed by atoms with Crippen LogP contribution in [-0.2, 0) is 20.9 Å². The lowest BCUT2D eigenvalue weighted by Crippen LogP contribution is -2.45. The number of benzene rings is 1. The van der Waals surface area contributed by atoms with Crippen LogP contribution >= 0.6 is 12.2 Å². The third kappa shape index (κ3) is 6.71. The highest BCUT2D eigenvalue weighted by atomic mass is 32.1. The lowest BCUT2D eigenvalue weighted by atomic mass is 10.1. The Morgan fingerprint density at radius 3 is 2.58 bits per heavy atom. The number of aryl methyl sites for hydroxylation is 1. The van der Waals surface area contributed by atoms with Gasteiger partial charge in [0.2, 0.25) is 0 Å². The molecule has 1 fully saturated rings. The van der Waals surface area contributed by atoms with Gasteiger partial charge in [0.05, 0.1) is 12.1 Å². The Morgan fingerprint density at radius 1 is 1.31 bits per heavy atom. The van der Waals surface area contributed by atoms with E-state index in [1.165, 1.54) is 12.4 Å². The number of amides is 1. The van der Waals surface area contributed by atoms with E-state index < -0.39 is 26.6 Å². The van der Waals surface area contributed by atoms with Gasteiger partial charge in [-0.15, -0.1) is 0 Å². The molecule has 3 atom stereocenters. The summed E-state index contributed by atoms with van der Waals surface area (Å²) < 4.78 is 25.6. The number of rotatable bonds is 8. The van der Waals surface area contributed by atoms with E-state index in [4.69, 9.17) is 30.9 Å². The number of para-hydroxylation sites is 1. The lowest BCUT2D eigenvalue weighted by molar-refractivity contribution is 0.0472. The molecule has 1 saturated heterocycles. The number of likely N-dealkylation sites (tertiary alicyclic amines) is 1. The molecule has 196 valence electrons. The average Bonchev–Trinajstić information content (AvgIpc) is 3.41. The molecule has 9 nitrogen and oxygen atoms in total. The second-order valence-electron chi connectivity index (χ2n) is 10.3. The van der Waals surface area contributed by atoms with E-state index in [1.807, 2.05) is 18.2 Å². The quantitative estimate of drug-likeness (QED) is 0.266. The number of carbonyl (C=O) groups is 1. The summed E-state index contributed by atoms with van der Waals surface area (Å²) in [7, 11) is -0.341. The molecule has 1 amide bonds. The van der Waals surface area contributed by atoms with Gasteiger partial charge in [-0.05, 0) is 36.7 Å². The van der Waals surface area contributed by atoms with Crippen LogP contribution in [0.3, 0.4) is 0 Å². The molecule has 1 aliphatic heterocycles. The van der Waals surface area contributed by atoms with Crippen molar-refractivity contribution >= 4 is 31.9 Å². The number of hydrogen-bond donors (Lipinski definition) is 0. The first-order valence-corrected chi connectivity index (χ1v) is 15.2. The normalized spacial score (nSPS) is 19.0. The molecule has 0 bridgehead atoms. The largest absolute Gasteiger partial charge is 0.445 e. The first kappa shape index (κ1) is 27.8. The van der Waals surface area contributed by atoms with E-state index in [0.717, 1.165) is 0 Å². The highest BCUT2D eigenvalue weighted by Gasteiger charge is 2.48. The standard InChI is InChI=1S/C25H36N4O5SSi/c1-8-14-31-23(30)29-16-19(34-36(6,7)25(2,3)4)15-20(29)21(22-26-17-27-28(22)5)33-24(35)32-18-12-10-9-11-13-18/h8-13,17,19-21H,1,14-16H2,2-7H3/t19-,20+,21?/m1/s1. The van der Waals surface area contributed by atoms with Crippen LogP contribution in [0.1, 0.15) is 39.1 Å². The first-order valence-electron chi connectivity index (χ1n) is 11.9. The Kier molecular flexibility index (Phi) is 8.91. The highest BCUT2D eigenvalue weighted by Crippen LogP contribution is 2.40. The van der Waals surface area contributed by atoms with Crippen LogP contribution in [0.4, 0.5) is 4.79 Å². The van der Waals surface area contributed by atoms with Crippen molar-refractivity contribution < 1.29 is 23.4 Å². The van der Waals surface area contributed by atoms with Gasteiger partial charge in [-0.2, -0.15) is 5.10 Å². The maximum Gasteiger partial charge on any atom is 0.410 e. The zero-order valence-corrected chi connectivity index (χ0v) is 23.7. The van der Waals surface area contributed by atoms with Crippen LogP contribution in [-0.4, -0.2) is 64.6 Å². The van der Waals surface area contributed by atoms with Crippen molar-refractivity contribution in [2.75, 3.05) is 13.2 Å². The zero-order chi connectivity index (χ0) is 26.5. The van der Waals surface area contributed by atoms with E-state index in [9.17, 15) is 4.79 Å². The summed E-state index contributed by atoms with van der Waals surface area (Å²) in [6.45, 7) is 15.0. The third-order valence-electron chi connectivity index (χ3n) is 6.65. The molecular formula is C25H36N4O5SSi. The van der Waals surface area contributed by atoms with E-state index >= 15 is 0 Å². The monoisotopic (exact) mass is 532 g/mol. The van der Waals surface area contributed by atoms with Crippen molar-refractivity contribution in [2.45, 2.75) is 63.6 Å². The molecule has 1 aromatic heterocycles. The van der Waals surface area contributed by atoms with Crippen LogP contribution < -0.4 is 4.74 Å². The molecule has 0 aliphatic carbocycles. The predicted molar refractivity (Wildman–Crippen MR) is 143 cm³/mol. The first-order chi connectivity index (χ1) is 16.9. The maximum absolute atomic E-state index is 13.1. The number of aromatic nitrogens is 3. The number of thiocarbonyl (C=S) groups is 1. The summed E-state index contributed by atoms with van der Waals surface area (Å²) in [5, 5.41) is 4.14. The smallest absolute Gasteiger partial charge is 0.410 e. The fraction of sp³-hybridized carbons (Fsp3) is 0.520. The summed E-state index contributed by atoms with van der Waals surface area (Å²) >= 11 is 5.43. The van der Waals surface area contributed by atoms with E-state index in [2.05, 4.69) is 50.5 Å². The van der Waals surface area contributed by atoms with Crippen LogP contribution in [0.15, 0.2) is 49.3 Å². The Balaban J connectivity index is 1.90. The molecule has 0 N–H and O–H groups in total. The lowest BCUT2D eigenvalue weighted by Gasteiger charge is -2.38. The molecule has 2 aromatic rings. The van der Waals surface area contributed by atoms with Gasteiger partial charge in [-0.25, -0.2) is 14.5 Å². The molecule has 1 aliphatic rings. The second kappa shape index (κ2) is 11.5. The summed E-state index contributed by atoms with van der Waals surface area (Å²) in [6.07, 6.45) is 2.05. The van der Waals surface area contributed by atoms with Gasteiger partial charge in [0.15, 0.2) is 20.2 Å². The summed E-state index contributed by atoms with van der Waals surface area (Å²) in [5.74, 6) is 1.06. The van der Waals surface area contributed by atoms with Crippen LogP contribution in [0.25, 0.3) is 0 Å². The van der Waals surface area contributed by atoms with Crippen LogP contribution in [0.2, 0.25) is 18.1 Å². The van der Waals surface area contributed by atoms with Gasteiger partial charge in [-0.1, -0.05) is 51.6 Å². The van der Waals surface area contributed by atoms with E-state index in [-0.39, 0.29) is 23.0 Å². The number of nitrogens with zero attached hydrogens (tertiary/aromatic N) is 4. The molecular weight excluding hydrogens is 496 g/mol. The fourth-order valence-electron chi connectivity index (χ4n) is 3.79. The van der Waals surface area contributed by atoms with Gasteiger partial charge < -0.3 is 18.6 Å². The summed E-state index contributed by atoms with van der Waals surface area (Å²) in [4.78, 5) is 19.1. The van der Waals surface area contributed by atoms with Crippen molar-refractivity contribution in [3.05, 3.63) is 55.1 Å².